The molecule has 114 valence electrons. The molecule has 4 rings (SSSR count). The van der Waals surface area contributed by atoms with Crippen molar-refractivity contribution in [3.63, 3.8) is 0 Å². The Morgan fingerprint density at radius 1 is 1.10 bits per heavy atom. The molecule has 1 aromatic rings. The zero-order chi connectivity index (χ0) is 14.3. The second-order valence-electron chi connectivity index (χ2n) is 7.02. The lowest BCUT2D eigenvalue weighted by atomic mass is 9.75. The standard InChI is InChI=1S/C19H26O2/c1-2-3-14-4-7-17-15(12-14)5-6-16-13-19(9-8-18(16)17)20-10-11-21-19/h5-6,14H,2-4,7-13H2,1H3. The van der Waals surface area contributed by atoms with E-state index in [1.807, 2.05) is 0 Å². The highest BCUT2D eigenvalue weighted by molar-refractivity contribution is 5.45. The van der Waals surface area contributed by atoms with Crippen LogP contribution < -0.4 is 0 Å². The van der Waals surface area contributed by atoms with E-state index in [1.54, 1.807) is 16.7 Å². The number of hydrogen-bond donors (Lipinski definition) is 0. The first-order chi connectivity index (χ1) is 10.3. The molecule has 2 heteroatoms. The average Bonchev–Trinajstić information content (AvgIpc) is 2.95. The van der Waals surface area contributed by atoms with Gasteiger partial charge in [-0.05, 0) is 53.9 Å². The minimum Gasteiger partial charge on any atom is -0.347 e. The molecule has 1 atom stereocenters. The third kappa shape index (κ3) is 2.43. The molecule has 1 unspecified atom stereocenters. The smallest absolute Gasteiger partial charge is 0.172 e. The Labute approximate surface area is 127 Å². The zero-order valence-corrected chi connectivity index (χ0v) is 13.1. The van der Waals surface area contributed by atoms with Gasteiger partial charge in [0.25, 0.3) is 0 Å². The van der Waals surface area contributed by atoms with E-state index in [0.717, 1.165) is 38.4 Å². The molecular weight excluding hydrogens is 260 g/mol. The van der Waals surface area contributed by atoms with Crippen LogP contribution in [0.1, 0.15) is 54.9 Å². The lowest BCUT2D eigenvalue weighted by Gasteiger charge is -2.36. The fraction of sp³-hybridized carbons (Fsp3) is 0.684. The summed E-state index contributed by atoms with van der Waals surface area (Å²) in [7, 11) is 0. The van der Waals surface area contributed by atoms with E-state index in [-0.39, 0.29) is 5.79 Å². The highest BCUT2D eigenvalue weighted by Gasteiger charge is 2.40. The van der Waals surface area contributed by atoms with Gasteiger partial charge in [-0.1, -0.05) is 31.9 Å². The second kappa shape index (κ2) is 5.40. The fourth-order valence-electron chi connectivity index (χ4n) is 4.62. The normalized spacial score (nSPS) is 26.6. The van der Waals surface area contributed by atoms with Crippen molar-refractivity contribution in [2.75, 3.05) is 13.2 Å². The van der Waals surface area contributed by atoms with Gasteiger partial charge in [0.2, 0.25) is 0 Å². The Bertz CT molecular complexity index is 529. The van der Waals surface area contributed by atoms with E-state index in [4.69, 9.17) is 9.47 Å². The summed E-state index contributed by atoms with van der Waals surface area (Å²) in [5.74, 6) is 0.623. The summed E-state index contributed by atoms with van der Waals surface area (Å²) in [4.78, 5) is 0. The second-order valence-corrected chi connectivity index (χ2v) is 7.02. The Hall–Kier alpha value is -0.860. The SMILES string of the molecule is CCCC1CCc2c(ccc3c2CCC2(C3)OCCO2)C1. The van der Waals surface area contributed by atoms with Gasteiger partial charge in [0.15, 0.2) is 5.79 Å². The third-order valence-corrected chi connectivity index (χ3v) is 5.66. The molecule has 0 radical (unpaired) electrons. The maximum absolute atomic E-state index is 5.91. The number of ether oxygens (including phenoxy) is 2. The summed E-state index contributed by atoms with van der Waals surface area (Å²) in [6.45, 7) is 3.83. The maximum atomic E-state index is 5.91. The lowest BCUT2D eigenvalue weighted by molar-refractivity contribution is -0.163. The quantitative estimate of drug-likeness (QED) is 0.823. The molecule has 0 saturated carbocycles. The maximum Gasteiger partial charge on any atom is 0.172 e. The summed E-state index contributed by atoms with van der Waals surface area (Å²) in [5, 5.41) is 0. The van der Waals surface area contributed by atoms with Crippen LogP contribution in [0, 0.1) is 5.92 Å². The molecule has 1 heterocycles. The number of hydrogen-bond acceptors (Lipinski definition) is 2. The zero-order valence-electron chi connectivity index (χ0n) is 13.1. The molecular formula is C19H26O2. The molecule has 21 heavy (non-hydrogen) atoms. The topological polar surface area (TPSA) is 18.5 Å². The van der Waals surface area contributed by atoms with Crippen LogP contribution in [-0.4, -0.2) is 19.0 Å². The summed E-state index contributed by atoms with van der Waals surface area (Å²) >= 11 is 0. The number of fused-ring (bicyclic) bond motifs is 3. The van der Waals surface area contributed by atoms with E-state index in [2.05, 4.69) is 19.1 Å². The molecule has 1 spiro atoms. The molecule has 0 bridgehead atoms. The molecule has 0 amide bonds. The molecule has 1 fully saturated rings. The van der Waals surface area contributed by atoms with Crippen LogP contribution in [0.4, 0.5) is 0 Å². The van der Waals surface area contributed by atoms with Crippen LogP contribution in [0.3, 0.4) is 0 Å². The monoisotopic (exact) mass is 286 g/mol. The van der Waals surface area contributed by atoms with Gasteiger partial charge >= 0.3 is 0 Å². The first kappa shape index (κ1) is 13.8. The average molecular weight is 286 g/mol. The van der Waals surface area contributed by atoms with Gasteiger partial charge in [0.1, 0.15) is 0 Å². The van der Waals surface area contributed by atoms with Crippen molar-refractivity contribution in [2.24, 2.45) is 5.92 Å². The van der Waals surface area contributed by atoms with E-state index in [1.165, 1.54) is 37.7 Å². The van der Waals surface area contributed by atoms with Gasteiger partial charge in [-0.3, -0.25) is 0 Å². The van der Waals surface area contributed by atoms with Crippen molar-refractivity contribution in [1.82, 2.24) is 0 Å². The van der Waals surface area contributed by atoms with Crippen LogP contribution in [0.2, 0.25) is 0 Å². The van der Waals surface area contributed by atoms with Gasteiger partial charge in [-0.15, -0.1) is 0 Å². The largest absolute Gasteiger partial charge is 0.347 e. The predicted molar refractivity (Wildman–Crippen MR) is 83.5 cm³/mol. The van der Waals surface area contributed by atoms with Crippen molar-refractivity contribution in [3.8, 4) is 0 Å². The molecule has 2 aliphatic carbocycles. The van der Waals surface area contributed by atoms with Gasteiger partial charge in [0, 0.05) is 12.8 Å². The van der Waals surface area contributed by atoms with Crippen molar-refractivity contribution >= 4 is 0 Å². The minimum absolute atomic E-state index is 0.291. The summed E-state index contributed by atoms with van der Waals surface area (Å²) < 4.78 is 11.8. The lowest BCUT2D eigenvalue weighted by Crippen LogP contribution is -2.37. The first-order valence-electron chi connectivity index (χ1n) is 8.70. The van der Waals surface area contributed by atoms with Gasteiger partial charge in [-0.25, -0.2) is 0 Å². The molecule has 0 N–H and O–H groups in total. The Morgan fingerprint density at radius 2 is 1.86 bits per heavy atom. The molecule has 3 aliphatic rings. The van der Waals surface area contributed by atoms with Gasteiger partial charge in [0.05, 0.1) is 13.2 Å². The van der Waals surface area contributed by atoms with Crippen LogP contribution in [0.5, 0.6) is 0 Å². The Morgan fingerprint density at radius 3 is 2.67 bits per heavy atom. The van der Waals surface area contributed by atoms with E-state index in [0.29, 0.717) is 0 Å². The highest BCUT2D eigenvalue weighted by Crippen LogP contribution is 2.40. The number of benzene rings is 1. The van der Waals surface area contributed by atoms with Crippen LogP contribution in [0.25, 0.3) is 0 Å². The van der Waals surface area contributed by atoms with Gasteiger partial charge in [-0.2, -0.15) is 0 Å². The van der Waals surface area contributed by atoms with Crippen molar-refractivity contribution in [1.29, 1.82) is 0 Å². The molecule has 1 aliphatic heterocycles. The fourth-order valence-corrected chi connectivity index (χ4v) is 4.62. The summed E-state index contributed by atoms with van der Waals surface area (Å²) in [6.07, 6.45) is 9.81. The Kier molecular flexibility index (Phi) is 3.55. The molecule has 0 aromatic heterocycles. The first-order valence-corrected chi connectivity index (χ1v) is 8.70. The summed E-state index contributed by atoms with van der Waals surface area (Å²) in [5.41, 5.74) is 6.42. The van der Waals surface area contributed by atoms with Crippen LogP contribution in [-0.2, 0) is 35.2 Å². The molecule has 1 saturated heterocycles. The number of rotatable bonds is 2. The van der Waals surface area contributed by atoms with Crippen molar-refractivity contribution < 1.29 is 9.47 Å². The summed E-state index contributed by atoms with van der Waals surface area (Å²) in [6, 6.07) is 4.75. The van der Waals surface area contributed by atoms with E-state index >= 15 is 0 Å². The third-order valence-electron chi connectivity index (χ3n) is 5.66. The van der Waals surface area contributed by atoms with E-state index < -0.39 is 0 Å². The molecule has 1 aromatic carbocycles. The highest BCUT2D eigenvalue weighted by atomic mass is 16.7. The van der Waals surface area contributed by atoms with E-state index in [9.17, 15) is 0 Å². The van der Waals surface area contributed by atoms with Crippen LogP contribution in [0.15, 0.2) is 12.1 Å². The van der Waals surface area contributed by atoms with Crippen molar-refractivity contribution in [3.05, 3.63) is 34.4 Å². The Balaban J connectivity index is 1.61. The molecule has 2 nitrogen and oxygen atoms in total. The van der Waals surface area contributed by atoms with Crippen molar-refractivity contribution in [2.45, 2.75) is 64.1 Å². The minimum atomic E-state index is -0.291. The van der Waals surface area contributed by atoms with Gasteiger partial charge < -0.3 is 9.47 Å². The predicted octanol–water partition coefficient (Wildman–Crippen LogP) is 3.82. The van der Waals surface area contributed by atoms with Crippen LogP contribution >= 0.6 is 0 Å².